The predicted octanol–water partition coefficient (Wildman–Crippen LogP) is 4.86. The number of nitrogens with one attached hydrogen (secondary N) is 1. The third-order valence-electron chi connectivity index (χ3n) is 7.14. The lowest BCUT2D eigenvalue weighted by Gasteiger charge is -2.34. The van der Waals surface area contributed by atoms with Gasteiger partial charge in [0.05, 0.1) is 7.11 Å². The summed E-state index contributed by atoms with van der Waals surface area (Å²) in [5.74, 6) is 3.23. The summed E-state index contributed by atoms with van der Waals surface area (Å²) >= 11 is 0. The van der Waals surface area contributed by atoms with Crippen LogP contribution in [0, 0.1) is 11.8 Å². The van der Waals surface area contributed by atoms with Crippen molar-refractivity contribution in [2.45, 2.75) is 59.9 Å². The van der Waals surface area contributed by atoms with E-state index in [9.17, 15) is 0 Å². The van der Waals surface area contributed by atoms with Crippen molar-refractivity contribution in [1.29, 1.82) is 0 Å². The Labute approximate surface area is 203 Å². The highest BCUT2D eigenvalue weighted by atomic mass is 16.5. The van der Waals surface area contributed by atoms with Gasteiger partial charge in [-0.25, -0.2) is 0 Å². The first kappa shape index (κ1) is 27.7. The second-order valence-electron chi connectivity index (χ2n) is 9.40. The van der Waals surface area contributed by atoms with Crippen molar-refractivity contribution >= 4 is 0 Å². The molecule has 2 unspecified atom stereocenters. The van der Waals surface area contributed by atoms with Gasteiger partial charge < -0.3 is 19.7 Å². The molecule has 1 heterocycles. The van der Waals surface area contributed by atoms with Crippen molar-refractivity contribution in [3.8, 4) is 11.5 Å². The molecule has 1 aromatic carbocycles. The summed E-state index contributed by atoms with van der Waals surface area (Å²) in [4.78, 5) is 4.85. The third kappa shape index (κ3) is 8.62. The molecule has 0 radical (unpaired) electrons. The van der Waals surface area contributed by atoms with E-state index in [1.807, 2.05) is 13.8 Å². The molecule has 1 fully saturated rings. The summed E-state index contributed by atoms with van der Waals surface area (Å²) in [6, 6.07) is 6.89. The van der Waals surface area contributed by atoms with Crippen molar-refractivity contribution in [1.82, 2.24) is 15.1 Å². The number of allylic oxidation sites excluding steroid dienone is 1. The van der Waals surface area contributed by atoms with Gasteiger partial charge in [-0.05, 0) is 62.8 Å². The molecule has 2 aliphatic rings. The Morgan fingerprint density at radius 2 is 1.85 bits per heavy atom. The average molecular weight is 460 g/mol. The standard InChI is InChI=1S/C26H43N3O2.C2H6/c1-6-23-18-24(21(23)3)19-27-20(2)7-8-22-9-10-25(26(17-22)30-5)31-16-15-29-13-11-28(4)12-14-29;1-2/h9-10,17-18,20-21,23,27H,6-8,11-16,19H2,1-5H3;1-2H3/t20-,21?,23?;/m1./s1. The SMILES string of the molecule is CC.CCC1C=C(CN[C@H](C)CCc2ccc(OCCN3CCN(C)CC3)c(OC)c2)C1C. The van der Waals surface area contributed by atoms with Gasteiger partial charge in [0.1, 0.15) is 6.61 Å². The molecule has 0 bridgehead atoms. The van der Waals surface area contributed by atoms with Gasteiger partial charge >= 0.3 is 0 Å². The topological polar surface area (TPSA) is 37.0 Å². The van der Waals surface area contributed by atoms with Crippen molar-refractivity contribution < 1.29 is 9.47 Å². The van der Waals surface area contributed by atoms with E-state index in [0.29, 0.717) is 12.6 Å². The van der Waals surface area contributed by atoms with Crippen LogP contribution < -0.4 is 14.8 Å². The van der Waals surface area contributed by atoms with Crippen LogP contribution in [-0.2, 0) is 6.42 Å². The van der Waals surface area contributed by atoms with Gasteiger partial charge in [-0.3, -0.25) is 4.90 Å². The molecule has 0 aromatic heterocycles. The Hall–Kier alpha value is -1.56. The summed E-state index contributed by atoms with van der Waals surface area (Å²) in [7, 11) is 3.92. The fourth-order valence-corrected chi connectivity index (χ4v) is 4.54. The molecule has 1 N–H and O–H groups in total. The van der Waals surface area contributed by atoms with Crippen LogP contribution in [0.1, 0.15) is 53.0 Å². The van der Waals surface area contributed by atoms with Gasteiger partial charge in [-0.1, -0.05) is 45.4 Å². The Morgan fingerprint density at radius 1 is 1.12 bits per heavy atom. The minimum absolute atomic E-state index is 0.499. The van der Waals surface area contributed by atoms with E-state index in [0.717, 1.165) is 75.4 Å². The van der Waals surface area contributed by atoms with E-state index in [1.165, 1.54) is 12.0 Å². The lowest BCUT2D eigenvalue weighted by atomic mass is 9.74. The zero-order valence-corrected chi connectivity index (χ0v) is 22.3. The molecule has 0 spiro atoms. The molecule has 3 atom stereocenters. The summed E-state index contributed by atoms with van der Waals surface area (Å²) in [5, 5.41) is 3.70. The van der Waals surface area contributed by atoms with E-state index in [1.54, 1.807) is 12.7 Å². The van der Waals surface area contributed by atoms with Crippen molar-refractivity contribution in [3.05, 3.63) is 35.4 Å². The first-order valence-electron chi connectivity index (χ1n) is 13.1. The van der Waals surface area contributed by atoms with Crippen LogP contribution in [0.25, 0.3) is 0 Å². The van der Waals surface area contributed by atoms with Crippen LogP contribution in [0.2, 0.25) is 0 Å². The summed E-state index contributed by atoms with van der Waals surface area (Å²) in [6.45, 7) is 18.1. The number of rotatable bonds is 12. The van der Waals surface area contributed by atoms with Crippen LogP contribution in [0.3, 0.4) is 0 Å². The average Bonchev–Trinajstić information content (AvgIpc) is 2.84. The molecule has 188 valence electrons. The minimum atomic E-state index is 0.499. The zero-order valence-electron chi connectivity index (χ0n) is 22.3. The zero-order chi connectivity index (χ0) is 24.2. The second-order valence-corrected chi connectivity index (χ2v) is 9.40. The molecule has 1 aromatic rings. The first-order chi connectivity index (χ1) is 16.0. The molecular weight excluding hydrogens is 410 g/mol. The monoisotopic (exact) mass is 459 g/mol. The van der Waals surface area contributed by atoms with Gasteiger partial charge in [0.2, 0.25) is 0 Å². The van der Waals surface area contributed by atoms with Crippen LogP contribution in [0.5, 0.6) is 11.5 Å². The van der Waals surface area contributed by atoms with E-state index < -0.39 is 0 Å². The van der Waals surface area contributed by atoms with Crippen LogP contribution in [0.4, 0.5) is 0 Å². The number of nitrogens with zero attached hydrogens (tertiary/aromatic N) is 2. The Morgan fingerprint density at radius 3 is 2.48 bits per heavy atom. The summed E-state index contributed by atoms with van der Waals surface area (Å²) < 4.78 is 11.7. The van der Waals surface area contributed by atoms with E-state index in [4.69, 9.17) is 9.47 Å². The molecule has 0 saturated carbocycles. The van der Waals surface area contributed by atoms with Crippen molar-refractivity contribution in [3.63, 3.8) is 0 Å². The highest BCUT2D eigenvalue weighted by molar-refractivity contribution is 5.43. The molecule has 0 amide bonds. The van der Waals surface area contributed by atoms with E-state index >= 15 is 0 Å². The number of hydrogen-bond donors (Lipinski definition) is 1. The second kappa shape index (κ2) is 14.6. The fourth-order valence-electron chi connectivity index (χ4n) is 4.54. The third-order valence-corrected chi connectivity index (χ3v) is 7.14. The number of ether oxygens (including phenoxy) is 2. The Bertz CT molecular complexity index is 713. The van der Waals surface area contributed by atoms with Gasteiger partial charge in [0.25, 0.3) is 0 Å². The number of benzene rings is 1. The number of methoxy groups -OCH3 is 1. The molecule has 1 aliphatic carbocycles. The maximum absolute atomic E-state index is 6.05. The lowest BCUT2D eigenvalue weighted by Crippen LogP contribution is -2.45. The number of hydrogen-bond acceptors (Lipinski definition) is 5. The number of piperazine rings is 1. The van der Waals surface area contributed by atoms with E-state index in [2.05, 4.69) is 67.2 Å². The van der Waals surface area contributed by atoms with Crippen molar-refractivity contribution in [2.75, 3.05) is 60.0 Å². The molecule has 3 rings (SSSR count). The number of likely N-dealkylation sites (N-methyl/N-ethyl adjacent to an activating group) is 1. The molecule has 5 heteroatoms. The van der Waals surface area contributed by atoms with Gasteiger partial charge in [0, 0.05) is 45.3 Å². The van der Waals surface area contributed by atoms with Crippen LogP contribution in [0.15, 0.2) is 29.8 Å². The summed E-state index contributed by atoms with van der Waals surface area (Å²) in [6.07, 6.45) is 5.87. The Kier molecular flexibility index (Phi) is 12.3. The smallest absolute Gasteiger partial charge is 0.161 e. The van der Waals surface area contributed by atoms with Crippen LogP contribution >= 0.6 is 0 Å². The predicted molar refractivity (Wildman–Crippen MR) is 141 cm³/mol. The highest BCUT2D eigenvalue weighted by Gasteiger charge is 2.26. The number of aryl methyl sites for hydroxylation is 1. The van der Waals surface area contributed by atoms with E-state index in [-0.39, 0.29) is 0 Å². The lowest BCUT2D eigenvalue weighted by molar-refractivity contribution is 0.133. The van der Waals surface area contributed by atoms with Crippen molar-refractivity contribution in [2.24, 2.45) is 11.8 Å². The molecular formula is C28H49N3O2. The maximum Gasteiger partial charge on any atom is 0.161 e. The largest absolute Gasteiger partial charge is 0.493 e. The normalized spacial score (nSPS) is 22.0. The molecule has 33 heavy (non-hydrogen) atoms. The quantitative estimate of drug-likeness (QED) is 0.452. The highest BCUT2D eigenvalue weighted by Crippen LogP contribution is 2.34. The first-order valence-corrected chi connectivity index (χ1v) is 13.1. The molecule has 1 aliphatic heterocycles. The maximum atomic E-state index is 6.05. The van der Waals surface area contributed by atoms with Crippen LogP contribution in [-0.4, -0.2) is 75.9 Å². The molecule has 1 saturated heterocycles. The minimum Gasteiger partial charge on any atom is -0.493 e. The molecule has 5 nitrogen and oxygen atoms in total. The Balaban J connectivity index is 0.00000187. The summed E-state index contributed by atoms with van der Waals surface area (Å²) in [5.41, 5.74) is 2.89. The fraction of sp³-hybridized carbons (Fsp3) is 0.714. The van der Waals surface area contributed by atoms with Gasteiger partial charge in [-0.2, -0.15) is 0 Å². The van der Waals surface area contributed by atoms with Gasteiger partial charge in [0.15, 0.2) is 11.5 Å². The van der Waals surface area contributed by atoms with Gasteiger partial charge in [-0.15, -0.1) is 0 Å².